The lowest BCUT2D eigenvalue weighted by atomic mass is 10.2. The molecule has 4 N–H and O–H groups in total. The maximum absolute atomic E-state index is 5.71. The molecule has 0 heterocycles. The van der Waals surface area contributed by atoms with Gasteiger partial charge in [0.2, 0.25) is 0 Å². The van der Waals surface area contributed by atoms with Crippen molar-refractivity contribution in [1.29, 1.82) is 0 Å². The number of halogens is 1. The summed E-state index contributed by atoms with van der Waals surface area (Å²) in [6.45, 7) is 1.87. The van der Waals surface area contributed by atoms with E-state index in [0.717, 1.165) is 5.56 Å². The van der Waals surface area contributed by atoms with Crippen LogP contribution in [0.3, 0.4) is 0 Å². The van der Waals surface area contributed by atoms with Crippen molar-refractivity contribution in [3.05, 3.63) is 22.7 Å². The van der Waals surface area contributed by atoms with E-state index in [2.05, 4.69) is 0 Å². The van der Waals surface area contributed by atoms with Crippen LogP contribution in [0.1, 0.15) is 5.56 Å². The highest BCUT2D eigenvalue weighted by molar-refractivity contribution is 6.33. The molecule has 3 heteroatoms. The fraction of sp³-hybridized carbons (Fsp3) is 0.143. The Morgan fingerprint density at radius 2 is 1.90 bits per heavy atom. The van der Waals surface area contributed by atoms with E-state index in [1.807, 2.05) is 6.92 Å². The molecule has 0 aliphatic carbocycles. The molecule has 1 aromatic rings. The van der Waals surface area contributed by atoms with Crippen LogP contribution >= 0.6 is 11.6 Å². The minimum atomic E-state index is 0.525. The molecule has 0 saturated heterocycles. The van der Waals surface area contributed by atoms with Crippen molar-refractivity contribution in [2.75, 3.05) is 11.5 Å². The molecule has 0 bridgehead atoms. The number of hydrogen-bond donors (Lipinski definition) is 2. The van der Waals surface area contributed by atoms with Gasteiger partial charge in [-0.05, 0) is 24.6 Å². The highest BCUT2D eigenvalue weighted by Crippen LogP contribution is 2.24. The normalized spacial score (nSPS) is 9.80. The summed E-state index contributed by atoms with van der Waals surface area (Å²) in [5.41, 5.74) is 13.2. The highest BCUT2D eigenvalue weighted by Gasteiger charge is 1.99. The number of rotatable bonds is 0. The van der Waals surface area contributed by atoms with E-state index in [-0.39, 0.29) is 0 Å². The van der Waals surface area contributed by atoms with Gasteiger partial charge in [0.15, 0.2) is 0 Å². The van der Waals surface area contributed by atoms with Gasteiger partial charge < -0.3 is 11.5 Å². The second kappa shape index (κ2) is 2.39. The van der Waals surface area contributed by atoms with Gasteiger partial charge >= 0.3 is 0 Å². The van der Waals surface area contributed by atoms with Gasteiger partial charge in [-0.1, -0.05) is 11.6 Å². The van der Waals surface area contributed by atoms with E-state index >= 15 is 0 Å². The number of nitrogens with two attached hydrogens (primary N) is 2. The van der Waals surface area contributed by atoms with Crippen LogP contribution in [-0.2, 0) is 0 Å². The van der Waals surface area contributed by atoms with Gasteiger partial charge in [0.25, 0.3) is 0 Å². The van der Waals surface area contributed by atoms with Crippen LogP contribution < -0.4 is 11.5 Å². The Labute approximate surface area is 64.8 Å². The number of anilines is 2. The Kier molecular flexibility index (Phi) is 1.72. The molecule has 0 aliphatic heterocycles. The maximum atomic E-state index is 5.71. The quantitative estimate of drug-likeness (QED) is 0.563. The lowest BCUT2D eigenvalue weighted by Gasteiger charge is -2.02. The second-order valence-corrected chi connectivity index (χ2v) is 2.64. The minimum Gasteiger partial charge on any atom is -0.399 e. The summed E-state index contributed by atoms with van der Waals surface area (Å²) in [7, 11) is 0. The van der Waals surface area contributed by atoms with Crippen molar-refractivity contribution in [2.24, 2.45) is 0 Å². The molecule has 2 nitrogen and oxygen atoms in total. The largest absolute Gasteiger partial charge is 0.399 e. The minimum absolute atomic E-state index is 0.525. The van der Waals surface area contributed by atoms with Gasteiger partial charge in [-0.3, -0.25) is 0 Å². The topological polar surface area (TPSA) is 52.0 Å². The van der Waals surface area contributed by atoms with E-state index in [9.17, 15) is 0 Å². The third-order valence-corrected chi connectivity index (χ3v) is 1.67. The predicted molar refractivity (Wildman–Crippen MR) is 45.0 cm³/mol. The molecule has 1 aromatic carbocycles. The molecule has 10 heavy (non-hydrogen) atoms. The first kappa shape index (κ1) is 7.22. The SMILES string of the molecule is Cc1cc(N)cc(Cl)c1N. The number of benzene rings is 1. The molecule has 0 aliphatic rings. The van der Waals surface area contributed by atoms with Crippen LogP contribution in [0.4, 0.5) is 11.4 Å². The molecular weight excluding hydrogens is 148 g/mol. The Morgan fingerprint density at radius 1 is 1.30 bits per heavy atom. The summed E-state index contributed by atoms with van der Waals surface area (Å²) in [4.78, 5) is 0. The molecular formula is C7H9ClN2. The molecule has 0 spiro atoms. The first-order valence-corrected chi connectivity index (χ1v) is 3.30. The van der Waals surface area contributed by atoms with Crippen molar-refractivity contribution in [1.82, 2.24) is 0 Å². The molecule has 0 amide bonds. The molecule has 54 valence electrons. The van der Waals surface area contributed by atoms with Crippen molar-refractivity contribution >= 4 is 23.0 Å². The summed E-state index contributed by atoms with van der Waals surface area (Å²) in [5, 5.41) is 0.525. The number of aryl methyl sites for hydroxylation is 1. The van der Waals surface area contributed by atoms with E-state index in [0.29, 0.717) is 16.4 Å². The first-order valence-electron chi connectivity index (χ1n) is 2.92. The number of nitrogen functional groups attached to an aromatic ring is 2. The summed E-state index contributed by atoms with van der Waals surface area (Å²) < 4.78 is 0. The van der Waals surface area contributed by atoms with E-state index in [1.54, 1.807) is 12.1 Å². The van der Waals surface area contributed by atoms with E-state index < -0.39 is 0 Å². The van der Waals surface area contributed by atoms with Crippen LogP contribution in [0, 0.1) is 6.92 Å². The average Bonchev–Trinajstić information content (AvgIpc) is 1.82. The van der Waals surface area contributed by atoms with Crippen LogP contribution in [0.25, 0.3) is 0 Å². The van der Waals surface area contributed by atoms with Crippen LogP contribution in [0.2, 0.25) is 5.02 Å². The van der Waals surface area contributed by atoms with Crippen molar-refractivity contribution in [2.45, 2.75) is 6.92 Å². The van der Waals surface area contributed by atoms with E-state index in [1.165, 1.54) is 0 Å². The van der Waals surface area contributed by atoms with Gasteiger partial charge in [0.05, 0.1) is 10.7 Å². The standard InChI is InChI=1S/C7H9ClN2/c1-4-2-5(9)3-6(8)7(4)10/h2-3H,9-10H2,1H3. The Balaban J connectivity index is 3.31. The lowest BCUT2D eigenvalue weighted by molar-refractivity contribution is 1.47. The predicted octanol–water partition coefficient (Wildman–Crippen LogP) is 1.81. The Hall–Kier alpha value is -0.890. The van der Waals surface area contributed by atoms with Crippen molar-refractivity contribution in [3.8, 4) is 0 Å². The Morgan fingerprint density at radius 3 is 2.40 bits per heavy atom. The van der Waals surface area contributed by atoms with Crippen LogP contribution in [0.15, 0.2) is 12.1 Å². The zero-order valence-electron chi connectivity index (χ0n) is 5.69. The highest BCUT2D eigenvalue weighted by atomic mass is 35.5. The van der Waals surface area contributed by atoms with Gasteiger partial charge in [-0.2, -0.15) is 0 Å². The monoisotopic (exact) mass is 156 g/mol. The van der Waals surface area contributed by atoms with Crippen LogP contribution in [-0.4, -0.2) is 0 Å². The van der Waals surface area contributed by atoms with Crippen LogP contribution in [0.5, 0.6) is 0 Å². The van der Waals surface area contributed by atoms with Crippen molar-refractivity contribution < 1.29 is 0 Å². The zero-order chi connectivity index (χ0) is 7.72. The molecule has 0 radical (unpaired) electrons. The van der Waals surface area contributed by atoms with Gasteiger partial charge in [-0.15, -0.1) is 0 Å². The molecule has 0 fully saturated rings. The average molecular weight is 157 g/mol. The van der Waals surface area contributed by atoms with Crippen molar-refractivity contribution in [3.63, 3.8) is 0 Å². The summed E-state index contributed by atoms with van der Waals surface area (Å²) in [6.07, 6.45) is 0. The maximum Gasteiger partial charge on any atom is 0.0658 e. The summed E-state index contributed by atoms with van der Waals surface area (Å²) in [6, 6.07) is 3.44. The van der Waals surface area contributed by atoms with Gasteiger partial charge in [-0.25, -0.2) is 0 Å². The fourth-order valence-corrected chi connectivity index (χ4v) is 1.06. The summed E-state index contributed by atoms with van der Waals surface area (Å²) in [5.74, 6) is 0. The Bertz CT molecular complexity index is 235. The van der Waals surface area contributed by atoms with Gasteiger partial charge in [0.1, 0.15) is 0 Å². The molecule has 0 atom stereocenters. The van der Waals surface area contributed by atoms with E-state index in [4.69, 9.17) is 23.1 Å². The molecule has 0 aromatic heterocycles. The second-order valence-electron chi connectivity index (χ2n) is 2.23. The number of hydrogen-bond acceptors (Lipinski definition) is 2. The molecule has 0 unspecified atom stereocenters. The first-order chi connectivity index (χ1) is 4.61. The van der Waals surface area contributed by atoms with Gasteiger partial charge in [0, 0.05) is 5.69 Å². The summed E-state index contributed by atoms with van der Waals surface area (Å²) >= 11 is 5.71. The third-order valence-electron chi connectivity index (χ3n) is 1.36. The fourth-order valence-electron chi connectivity index (χ4n) is 0.782. The lowest BCUT2D eigenvalue weighted by Crippen LogP contribution is -1.93. The third kappa shape index (κ3) is 1.16. The molecule has 1 rings (SSSR count). The molecule has 0 saturated carbocycles. The smallest absolute Gasteiger partial charge is 0.0658 e. The zero-order valence-corrected chi connectivity index (χ0v) is 6.44.